The molecule has 0 atom stereocenters. The fraction of sp³-hybridized carbons (Fsp3) is 0.467. The zero-order valence-electron chi connectivity index (χ0n) is 10.8. The highest BCUT2D eigenvalue weighted by atomic mass is 16.4. The molecule has 2 heterocycles. The molecule has 0 radical (unpaired) electrons. The molecule has 1 aliphatic rings. The van der Waals surface area contributed by atoms with Crippen LogP contribution in [0.15, 0.2) is 30.7 Å². The van der Waals surface area contributed by atoms with E-state index < -0.39 is 5.97 Å². The Labute approximate surface area is 112 Å². The molecule has 0 bridgehead atoms. The molecule has 1 fully saturated rings. The molecule has 4 heteroatoms. The van der Waals surface area contributed by atoms with Crippen molar-refractivity contribution in [3.8, 4) is 0 Å². The van der Waals surface area contributed by atoms with Crippen LogP contribution in [-0.2, 0) is 11.3 Å². The average Bonchev–Trinajstić information content (AvgIpc) is 2.83. The Balaban J connectivity index is 1.68. The minimum Gasteiger partial charge on any atom is -0.481 e. The van der Waals surface area contributed by atoms with Crippen LogP contribution in [0.5, 0.6) is 0 Å². The molecule has 3 rings (SSSR count). The fourth-order valence-corrected chi connectivity index (χ4v) is 3.07. The predicted octanol–water partition coefficient (Wildman–Crippen LogP) is 2.93. The molecule has 1 aliphatic carbocycles. The maximum atomic E-state index is 10.9. The van der Waals surface area contributed by atoms with Crippen molar-refractivity contribution in [1.82, 2.24) is 9.55 Å². The molecule has 2 aromatic rings. The zero-order chi connectivity index (χ0) is 13.2. The van der Waals surface area contributed by atoms with Crippen LogP contribution in [-0.4, -0.2) is 20.6 Å². The van der Waals surface area contributed by atoms with E-state index in [9.17, 15) is 4.79 Å². The predicted molar refractivity (Wildman–Crippen MR) is 72.8 cm³/mol. The van der Waals surface area contributed by atoms with Crippen molar-refractivity contribution < 1.29 is 9.90 Å². The minimum atomic E-state index is -0.629. The van der Waals surface area contributed by atoms with Crippen molar-refractivity contribution in [3.05, 3.63) is 30.7 Å². The van der Waals surface area contributed by atoms with E-state index in [0.717, 1.165) is 32.2 Å². The van der Waals surface area contributed by atoms with Gasteiger partial charge >= 0.3 is 5.97 Å². The lowest BCUT2D eigenvalue weighted by atomic mass is 9.82. The number of carbonyl (C=O) groups is 1. The summed E-state index contributed by atoms with van der Waals surface area (Å²) in [5.41, 5.74) is 1.22. The Morgan fingerprint density at radius 1 is 1.32 bits per heavy atom. The largest absolute Gasteiger partial charge is 0.481 e. The number of fused-ring (bicyclic) bond motifs is 1. The summed E-state index contributed by atoms with van der Waals surface area (Å²) in [7, 11) is 0. The second-order valence-electron chi connectivity index (χ2n) is 5.46. The second-order valence-corrected chi connectivity index (χ2v) is 5.46. The van der Waals surface area contributed by atoms with Gasteiger partial charge in [0.1, 0.15) is 0 Å². The molecule has 0 unspecified atom stereocenters. The molecule has 1 N–H and O–H groups in total. The van der Waals surface area contributed by atoms with Gasteiger partial charge in [0.25, 0.3) is 0 Å². The normalized spacial score (nSPS) is 23.6. The number of aromatic nitrogens is 2. The van der Waals surface area contributed by atoms with Crippen LogP contribution in [0, 0.1) is 11.8 Å². The van der Waals surface area contributed by atoms with Gasteiger partial charge in [-0.2, -0.15) is 0 Å². The van der Waals surface area contributed by atoms with E-state index in [1.807, 2.05) is 18.5 Å². The average molecular weight is 258 g/mol. The van der Waals surface area contributed by atoms with Crippen LogP contribution in [0.4, 0.5) is 0 Å². The third-order valence-electron chi connectivity index (χ3n) is 4.22. The van der Waals surface area contributed by atoms with Gasteiger partial charge in [-0.3, -0.25) is 9.78 Å². The summed E-state index contributed by atoms with van der Waals surface area (Å²) in [5.74, 6) is -0.155. The number of aliphatic carboxylic acids is 1. The number of hydrogen-bond donors (Lipinski definition) is 1. The Bertz CT molecular complexity index is 583. The highest BCUT2D eigenvalue weighted by Crippen LogP contribution is 2.30. The van der Waals surface area contributed by atoms with E-state index in [1.165, 1.54) is 10.9 Å². The quantitative estimate of drug-likeness (QED) is 0.921. The van der Waals surface area contributed by atoms with Gasteiger partial charge in [0.2, 0.25) is 0 Å². The van der Waals surface area contributed by atoms with Crippen LogP contribution < -0.4 is 0 Å². The lowest BCUT2D eigenvalue weighted by molar-refractivity contribution is -0.143. The van der Waals surface area contributed by atoms with Crippen LogP contribution in [0.2, 0.25) is 0 Å². The van der Waals surface area contributed by atoms with Gasteiger partial charge in [-0.05, 0) is 43.7 Å². The van der Waals surface area contributed by atoms with Gasteiger partial charge in [0.05, 0.1) is 11.4 Å². The molecule has 100 valence electrons. The lowest BCUT2D eigenvalue weighted by Crippen LogP contribution is -2.23. The van der Waals surface area contributed by atoms with Crippen LogP contribution >= 0.6 is 0 Å². The summed E-state index contributed by atoms with van der Waals surface area (Å²) in [6.07, 6.45) is 9.48. The van der Waals surface area contributed by atoms with Crippen LogP contribution in [0.1, 0.15) is 25.7 Å². The monoisotopic (exact) mass is 258 g/mol. The summed E-state index contributed by atoms with van der Waals surface area (Å²) in [4.78, 5) is 15.1. The lowest BCUT2D eigenvalue weighted by Gasteiger charge is -2.26. The van der Waals surface area contributed by atoms with Crippen LogP contribution in [0.25, 0.3) is 10.9 Å². The molecular weight excluding hydrogens is 240 g/mol. The Morgan fingerprint density at radius 3 is 2.84 bits per heavy atom. The first kappa shape index (κ1) is 12.2. The van der Waals surface area contributed by atoms with Gasteiger partial charge in [-0.1, -0.05) is 0 Å². The van der Waals surface area contributed by atoms with E-state index in [4.69, 9.17) is 5.11 Å². The number of rotatable bonds is 3. The first-order chi connectivity index (χ1) is 9.24. The molecule has 2 aromatic heterocycles. The molecule has 0 aromatic carbocycles. The van der Waals surface area contributed by atoms with Gasteiger partial charge in [-0.15, -0.1) is 0 Å². The SMILES string of the molecule is O=C(O)C1CCC(Cn2ccc3cnccc32)CC1. The van der Waals surface area contributed by atoms with Gasteiger partial charge in [-0.25, -0.2) is 0 Å². The minimum absolute atomic E-state index is 0.123. The van der Waals surface area contributed by atoms with E-state index in [0.29, 0.717) is 5.92 Å². The Kier molecular flexibility index (Phi) is 3.23. The van der Waals surface area contributed by atoms with E-state index in [1.54, 1.807) is 0 Å². The number of pyridine rings is 1. The number of carboxylic acid groups (broad SMARTS) is 1. The number of nitrogens with zero attached hydrogens (tertiary/aromatic N) is 2. The molecule has 4 nitrogen and oxygen atoms in total. The highest BCUT2D eigenvalue weighted by molar-refractivity contribution is 5.78. The first-order valence-electron chi connectivity index (χ1n) is 6.85. The van der Waals surface area contributed by atoms with Crippen molar-refractivity contribution >= 4 is 16.9 Å². The molecule has 19 heavy (non-hydrogen) atoms. The Morgan fingerprint density at radius 2 is 2.11 bits per heavy atom. The van der Waals surface area contributed by atoms with Gasteiger partial charge < -0.3 is 9.67 Å². The van der Waals surface area contributed by atoms with Gasteiger partial charge in [0.15, 0.2) is 0 Å². The summed E-state index contributed by atoms with van der Waals surface area (Å²) in [6, 6.07) is 4.13. The molecular formula is C15H18N2O2. The smallest absolute Gasteiger partial charge is 0.306 e. The van der Waals surface area contributed by atoms with E-state index in [-0.39, 0.29) is 5.92 Å². The molecule has 0 spiro atoms. The standard InChI is InChI=1S/C15H18N2O2/c18-15(19)12-3-1-11(2-4-12)10-17-8-6-13-9-16-7-5-14(13)17/h5-9,11-12H,1-4,10H2,(H,18,19). The van der Waals surface area contributed by atoms with E-state index in [2.05, 4.69) is 21.8 Å². The maximum Gasteiger partial charge on any atom is 0.306 e. The summed E-state index contributed by atoms with van der Waals surface area (Å²) >= 11 is 0. The number of hydrogen-bond acceptors (Lipinski definition) is 2. The molecule has 0 aliphatic heterocycles. The molecule has 1 saturated carbocycles. The van der Waals surface area contributed by atoms with Gasteiger partial charge in [0, 0.05) is 30.5 Å². The highest BCUT2D eigenvalue weighted by Gasteiger charge is 2.26. The topological polar surface area (TPSA) is 55.1 Å². The van der Waals surface area contributed by atoms with E-state index >= 15 is 0 Å². The third kappa shape index (κ3) is 2.48. The van der Waals surface area contributed by atoms with Crippen molar-refractivity contribution in [2.75, 3.05) is 0 Å². The molecule has 0 saturated heterocycles. The third-order valence-corrected chi connectivity index (χ3v) is 4.22. The second kappa shape index (κ2) is 5.03. The van der Waals surface area contributed by atoms with Crippen molar-refractivity contribution in [2.24, 2.45) is 11.8 Å². The summed E-state index contributed by atoms with van der Waals surface area (Å²) in [5, 5.41) is 10.2. The summed E-state index contributed by atoms with van der Waals surface area (Å²) in [6.45, 7) is 0.986. The Hall–Kier alpha value is -1.84. The first-order valence-corrected chi connectivity index (χ1v) is 6.85. The maximum absolute atomic E-state index is 10.9. The van der Waals surface area contributed by atoms with Crippen molar-refractivity contribution in [1.29, 1.82) is 0 Å². The fourth-order valence-electron chi connectivity index (χ4n) is 3.07. The van der Waals surface area contributed by atoms with Crippen LogP contribution in [0.3, 0.4) is 0 Å². The van der Waals surface area contributed by atoms with Crippen molar-refractivity contribution in [3.63, 3.8) is 0 Å². The summed E-state index contributed by atoms with van der Waals surface area (Å²) < 4.78 is 2.27. The zero-order valence-corrected chi connectivity index (χ0v) is 10.8. The number of carboxylic acids is 1. The molecule has 0 amide bonds. The van der Waals surface area contributed by atoms with Crippen molar-refractivity contribution in [2.45, 2.75) is 32.2 Å².